The average molecular weight is 478 g/mol. The molecule has 7 heteroatoms. The summed E-state index contributed by atoms with van der Waals surface area (Å²) < 4.78 is 28.3. The number of benzene rings is 3. The van der Waals surface area contributed by atoms with Gasteiger partial charge in [-0.2, -0.15) is 0 Å². The van der Waals surface area contributed by atoms with E-state index < -0.39 is 10.0 Å². The number of fused-ring (bicyclic) bond motifs is 1. The Morgan fingerprint density at radius 3 is 2.26 bits per heavy atom. The highest BCUT2D eigenvalue weighted by atomic mass is 32.2. The van der Waals surface area contributed by atoms with Crippen molar-refractivity contribution < 1.29 is 13.2 Å². The van der Waals surface area contributed by atoms with Crippen LogP contribution in [-0.2, 0) is 34.2 Å². The first-order valence-electron chi connectivity index (χ1n) is 11.5. The van der Waals surface area contributed by atoms with E-state index in [-0.39, 0.29) is 10.8 Å². The number of sulfonamides is 1. The first-order valence-corrected chi connectivity index (χ1v) is 13.0. The van der Waals surface area contributed by atoms with E-state index in [0.717, 1.165) is 25.1 Å². The topological polar surface area (TPSA) is 78.5 Å². The van der Waals surface area contributed by atoms with Crippen molar-refractivity contribution in [2.45, 2.75) is 45.1 Å². The number of hydrogen-bond donors (Lipinski definition) is 2. The fourth-order valence-electron chi connectivity index (χ4n) is 4.45. The molecular formula is C27H31N3O3S. The quantitative estimate of drug-likeness (QED) is 0.531. The Morgan fingerprint density at radius 1 is 0.971 bits per heavy atom. The lowest BCUT2D eigenvalue weighted by molar-refractivity contribution is -0.114. The van der Waals surface area contributed by atoms with Gasteiger partial charge in [-0.05, 0) is 78.8 Å². The molecule has 4 rings (SSSR count). The normalized spacial score (nSPS) is 13.4. The van der Waals surface area contributed by atoms with Crippen LogP contribution in [0, 0.1) is 13.8 Å². The Kier molecular flexibility index (Phi) is 7.05. The van der Waals surface area contributed by atoms with Crippen LogP contribution in [0.3, 0.4) is 0 Å². The molecule has 1 aliphatic rings. The number of aryl methyl sites for hydroxylation is 2. The van der Waals surface area contributed by atoms with Crippen molar-refractivity contribution in [2.24, 2.45) is 0 Å². The smallest absolute Gasteiger partial charge is 0.240 e. The number of nitrogens with zero attached hydrogens (tertiary/aromatic N) is 1. The summed E-state index contributed by atoms with van der Waals surface area (Å²) in [5.41, 5.74) is 7.16. The number of nitrogens with one attached hydrogen (secondary N) is 2. The fourth-order valence-corrected chi connectivity index (χ4v) is 5.66. The number of carbonyl (C=O) groups is 1. The van der Waals surface area contributed by atoms with Gasteiger partial charge >= 0.3 is 0 Å². The molecule has 0 atom stereocenters. The summed E-state index contributed by atoms with van der Waals surface area (Å²) in [7, 11) is -3.65. The third kappa shape index (κ3) is 5.48. The van der Waals surface area contributed by atoms with Crippen molar-refractivity contribution in [1.29, 1.82) is 0 Å². The summed E-state index contributed by atoms with van der Waals surface area (Å²) in [5.74, 6) is -0.184. The van der Waals surface area contributed by atoms with E-state index in [2.05, 4.69) is 63.5 Å². The molecule has 1 aliphatic heterocycles. The summed E-state index contributed by atoms with van der Waals surface area (Å²) in [5, 5.41) is 2.76. The van der Waals surface area contributed by atoms with Crippen molar-refractivity contribution >= 4 is 27.3 Å². The SMILES string of the molecule is CC(=O)Nc1c(C)cc(S(=O)(=O)NCCc2ccc(N3CCc4ccccc4C3)cc2)cc1C. The minimum atomic E-state index is -3.65. The van der Waals surface area contributed by atoms with E-state index in [4.69, 9.17) is 0 Å². The molecule has 0 aromatic heterocycles. The molecule has 1 amide bonds. The van der Waals surface area contributed by atoms with Gasteiger partial charge in [0.05, 0.1) is 4.90 Å². The van der Waals surface area contributed by atoms with E-state index in [1.165, 1.54) is 23.7 Å². The van der Waals surface area contributed by atoms with Crippen LogP contribution in [0.5, 0.6) is 0 Å². The van der Waals surface area contributed by atoms with Gasteiger partial charge in [0.2, 0.25) is 15.9 Å². The first-order chi connectivity index (χ1) is 16.2. The zero-order chi connectivity index (χ0) is 24.3. The first kappa shape index (κ1) is 24.0. The van der Waals surface area contributed by atoms with E-state index >= 15 is 0 Å². The second kappa shape index (κ2) is 9.99. The largest absolute Gasteiger partial charge is 0.367 e. The summed E-state index contributed by atoms with van der Waals surface area (Å²) in [6.45, 7) is 7.23. The second-order valence-electron chi connectivity index (χ2n) is 8.87. The van der Waals surface area contributed by atoms with Crippen molar-refractivity contribution in [2.75, 3.05) is 23.3 Å². The molecule has 178 valence electrons. The average Bonchev–Trinajstić information content (AvgIpc) is 2.81. The van der Waals surface area contributed by atoms with Gasteiger partial charge in [-0.25, -0.2) is 13.1 Å². The zero-order valence-corrected chi connectivity index (χ0v) is 20.7. The lowest BCUT2D eigenvalue weighted by Crippen LogP contribution is -2.30. The van der Waals surface area contributed by atoms with Crippen molar-refractivity contribution in [3.05, 3.63) is 88.5 Å². The predicted molar refractivity (Wildman–Crippen MR) is 137 cm³/mol. The third-order valence-corrected chi connectivity index (χ3v) is 7.70. The van der Waals surface area contributed by atoms with Crippen molar-refractivity contribution in [3.63, 3.8) is 0 Å². The van der Waals surface area contributed by atoms with Gasteiger partial charge in [-0.1, -0.05) is 36.4 Å². The number of carbonyl (C=O) groups excluding carboxylic acids is 1. The Morgan fingerprint density at radius 2 is 1.62 bits per heavy atom. The van der Waals surface area contributed by atoms with E-state index in [1.54, 1.807) is 26.0 Å². The molecule has 34 heavy (non-hydrogen) atoms. The standard InChI is InChI=1S/C27H31N3O3S/c1-19-16-26(17-20(2)27(19)29-21(3)31)34(32,33)28-14-12-22-8-10-25(11-9-22)30-15-13-23-6-4-5-7-24(23)18-30/h4-11,16-17,28H,12-15,18H2,1-3H3,(H,29,31). The van der Waals surface area contributed by atoms with Crippen LogP contribution in [0.15, 0.2) is 65.6 Å². The molecule has 0 saturated carbocycles. The predicted octanol–water partition coefficient (Wildman–Crippen LogP) is 4.35. The summed E-state index contributed by atoms with van der Waals surface area (Å²) >= 11 is 0. The van der Waals surface area contributed by atoms with Gasteiger partial charge in [0.1, 0.15) is 0 Å². The molecule has 2 N–H and O–H groups in total. The summed E-state index contributed by atoms with van der Waals surface area (Å²) in [6.07, 6.45) is 1.65. The molecule has 3 aromatic rings. The van der Waals surface area contributed by atoms with Gasteiger partial charge in [-0.15, -0.1) is 0 Å². The number of anilines is 2. The lowest BCUT2D eigenvalue weighted by Gasteiger charge is -2.30. The van der Waals surface area contributed by atoms with Gasteiger partial charge in [0.15, 0.2) is 0 Å². The minimum absolute atomic E-state index is 0.184. The highest BCUT2D eigenvalue weighted by Crippen LogP contribution is 2.26. The fraction of sp³-hybridized carbons (Fsp3) is 0.296. The molecule has 0 saturated heterocycles. The van der Waals surface area contributed by atoms with Gasteiger partial charge in [0.25, 0.3) is 0 Å². The Hall–Kier alpha value is -3.16. The van der Waals surface area contributed by atoms with Gasteiger partial charge in [-0.3, -0.25) is 4.79 Å². The van der Waals surface area contributed by atoms with Gasteiger partial charge in [0, 0.05) is 37.9 Å². The highest BCUT2D eigenvalue weighted by Gasteiger charge is 2.18. The van der Waals surface area contributed by atoms with Crippen LogP contribution in [0.4, 0.5) is 11.4 Å². The van der Waals surface area contributed by atoms with Crippen LogP contribution < -0.4 is 14.9 Å². The van der Waals surface area contributed by atoms with Crippen LogP contribution in [0.25, 0.3) is 0 Å². The maximum absolute atomic E-state index is 12.8. The minimum Gasteiger partial charge on any atom is -0.367 e. The molecule has 3 aromatic carbocycles. The van der Waals surface area contributed by atoms with Crippen LogP contribution >= 0.6 is 0 Å². The maximum Gasteiger partial charge on any atom is 0.240 e. The maximum atomic E-state index is 12.8. The molecular weight excluding hydrogens is 446 g/mol. The van der Waals surface area contributed by atoms with E-state index in [9.17, 15) is 13.2 Å². The molecule has 0 fully saturated rings. The van der Waals surface area contributed by atoms with E-state index in [1.807, 2.05) is 0 Å². The number of hydrogen-bond acceptors (Lipinski definition) is 4. The summed E-state index contributed by atoms with van der Waals surface area (Å²) in [6, 6.07) is 20.1. The Bertz CT molecular complexity index is 1280. The molecule has 1 heterocycles. The van der Waals surface area contributed by atoms with Crippen LogP contribution in [-0.4, -0.2) is 27.4 Å². The van der Waals surface area contributed by atoms with Crippen molar-refractivity contribution in [1.82, 2.24) is 4.72 Å². The number of amides is 1. The second-order valence-corrected chi connectivity index (χ2v) is 10.6. The molecule has 0 aliphatic carbocycles. The van der Waals surface area contributed by atoms with Crippen LogP contribution in [0.2, 0.25) is 0 Å². The highest BCUT2D eigenvalue weighted by molar-refractivity contribution is 7.89. The molecule has 0 unspecified atom stereocenters. The Labute approximate surface area is 202 Å². The zero-order valence-electron chi connectivity index (χ0n) is 19.9. The molecule has 0 radical (unpaired) electrons. The Balaban J connectivity index is 1.36. The summed E-state index contributed by atoms with van der Waals surface area (Å²) in [4.78, 5) is 14.0. The van der Waals surface area contributed by atoms with Crippen molar-refractivity contribution in [3.8, 4) is 0 Å². The monoisotopic (exact) mass is 477 g/mol. The van der Waals surface area contributed by atoms with Gasteiger partial charge < -0.3 is 10.2 Å². The van der Waals surface area contributed by atoms with E-state index in [0.29, 0.717) is 29.8 Å². The number of rotatable bonds is 7. The lowest BCUT2D eigenvalue weighted by atomic mass is 9.99. The third-order valence-electron chi connectivity index (χ3n) is 6.26. The molecule has 0 bridgehead atoms. The van der Waals surface area contributed by atoms with Crippen LogP contribution in [0.1, 0.15) is 34.7 Å². The molecule has 6 nitrogen and oxygen atoms in total. The molecule has 0 spiro atoms.